The molecule has 3 aliphatic rings. The monoisotopic (exact) mass is 477 g/mol. The predicted octanol–water partition coefficient (Wildman–Crippen LogP) is 4.63. The van der Waals surface area contributed by atoms with Crippen molar-refractivity contribution < 1.29 is 23.9 Å². The van der Waals surface area contributed by atoms with Crippen molar-refractivity contribution in [1.82, 2.24) is 0 Å². The predicted molar refractivity (Wildman–Crippen MR) is 134 cm³/mol. The lowest BCUT2D eigenvalue weighted by atomic mass is 9.64. The number of esters is 1. The van der Waals surface area contributed by atoms with Crippen LogP contribution in [0.3, 0.4) is 0 Å². The average molecular weight is 478 g/mol. The number of hydrogen-bond donors (Lipinski definition) is 0. The Labute approximate surface area is 208 Å². The van der Waals surface area contributed by atoms with Gasteiger partial charge in [0.25, 0.3) is 0 Å². The minimum Gasteiger partial charge on any atom is -0.424 e. The second kappa shape index (κ2) is 7.85. The molecule has 0 bridgehead atoms. The van der Waals surface area contributed by atoms with Gasteiger partial charge in [-0.1, -0.05) is 78.9 Å². The number of carbonyl (C=O) groups excluding carboxylic acids is 4. The van der Waals surface area contributed by atoms with Gasteiger partial charge in [0.1, 0.15) is 5.41 Å². The summed E-state index contributed by atoms with van der Waals surface area (Å²) in [5, 5.41) is 0. The van der Waals surface area contributed by atoms with Crippen molar-refractivity contribution in [1.29, 1.82) is 0 Å². The third kappa shape index (κ3) is 2.78. The molecule has 1 spiro atoms. The van der Waals surface area contributed by atoms with Crippen LogP contribution in [-0.2, 0) is 9.59 Å². The summed E-state index contributed by atoms with van der Waals surface area (Å²) in [6, 6.07) is 19.9. The van der Waals surface area contributed by atoms with Gasteiger partial charge in [0.05, 0.1) is 17.8 Å². The molecular formula is C30H23NO5. The van der Waals surface area contributed by atoms with E-state index in [-0.39, 0.29) is 17.3 Å². The van der Waals surface area contributed by atoms with E-state index in [1.54, 1.807) is 36.4 Å². The summed E-state index contributed by atoms with van der Waals surface area (Å²) in [5.41, 5.74) is 1.23. The smallest absolute Gasteiger partial charge is 0.308 e. The van der Waals surface area contributed by atoms with Gasteiger partial charge in [-0.2, -0.15) is 0 Å². The molecule has 6 heteroatoms. The molecule has 3 atom stereocenters. The zero-order valence-corrected chi connectivity index (χ0v) is 19.8. The van der Waals surface area contributed by atoms with Gasteiger partial charge in [0.2, 0.25) is 0 Å². The van der Waals surface area contributed by atoms with E-state index < -0.39 is 29.4 Å². The van der Waals surface area contributed by atoms with Crippen molar-refractivity contribution in [2.45, 2.75) is 31.8 Å². The highest BCUT2D eigenvalue weighted by atomic mass is 16.5. The topological polar surface area (TPSA) is 80.8 Å². The van der Waals surface area contributed by atoms with Crippen LogP contribution in [0.15, 0.2) is 78.9 Å². The lowest BCUT2D eigenvalue weighted by Gasteiger charge is -2.37. The molecule has 0 N–H and O–H groups in total. The summed E-state index contributed by atoms with van der Waals surface area (Å²) in [7, 11) is 0. The fourth-order valence-electron chi connectivity index (χ4n) is 6.41. The maximum Gasteiger partial charge on any atom is 0.308 e. The zero-order chi connectivity index (χ0) is 25.2. The van der Waals surface area contributed by atoms with Gasteiger partial charge < -0.3 is 9.64 Å². The quantitative estimate of drug-likeness (QED) is 0.311. The Morgan fingerprint density at radius 1 is 0.833 bits per heavy atom. The average Bonchev–Trinajstić information content (AvgIpc) is 3.31. The normalized spacial score (nSPS) is 22.8. The second-order valence-corrected chi connectivity index (χ2v) is 9.52. The Balaban J connectivity index is 1.68. The van der Waals surface area contributed by atoms with Crippen molar-refractivity contribution >= 4 is 35.1 Å². The molecule has 0 saturated carbocycles. The molecule has 6 rings (SSSR count). The van der Waals surface area contributed by atoms with E-state index in [1.165, 1.54) is 13.8 Å². The molecule has 1 fully saturated rings. The highest BCUT2D eigenvalue weighted by Crippen LogP contribution is 2.61. The molecule has 0 aromatic heterocycles. The lowest BCUT2D eigenvalue weighted by molar-refractivity contribution is -0.131. The van der Waals surface area contributed by atoms with E-state index in [2.05, 4.69) is 0 Å². The summed E-state index contributed by atoms with van der Waals surface area (Å²) in [6.07, 6.45) is 3.69. The Kier molecular flexibility index (Phi) is 4.83. The number of anilines is 1. The summed E-state index contributed by atoms with van der Waals surface area (Å²) < 4.78 is 5.56. The Morgan fingerprint density at radius 2 is 1.47 bits per heavy atom. The van der Waals surface area contributed by atoms with Crippen molar-refractivity contribution in [2.75, 3.05) is 4.90 Å². The van der Waals surface area contributed by atoms with E-state index in [1.807, 2.05) is 53.5 Å². The number of rotatable bonds is 3. The minimum atomic E-state index is -1.54. The first-order valence-corrected chi connectivity index (χ1v) is 11.9. The van der Waals surface area contributed by atoms with Crippen LogP contribution in [0, 0.1) is 5.41 Å². The van der Waals surface area contributed by atoms with E-state index in [0.29, 0.717) is 22.6 Å². The molecule has 1 aliphatic carbocycles. The van der Waals surface area contributed by atoms with E-state index in [4.69, 9.17) is 4.74 Å². The molecule has 3 aromatic carbocycles. The molecule has 1 unspecified atom stereocenters. The zero-order valence-electron chi connectivity index (χ0n) is 19.8. The second-order valence-electron chi connectivity index (χ2n) is 9.52. The molecule has 0 amide bonds. The molecule has 3 aromatic rings. The van der Waals surface area contributed by atoms with Crippen LogP contribution in [0.4, 0.5) is 5.69 Å². The molecule has 2 heterocycles. The molecule has 2 aliphatic heterocycles. The summed E-state index contributed by atoms with van der Waals surface area (Å²) in [4.78, 5) is 55.9. The largest absolute Gasteiger partial charge is 0.424 e. The van der Waals surface area contributed by atoms with Gasteiger partial charge >= 0.3 is 5.97 Å². The number of ketones is 3. The van der Waals surface area contributed by atoms with Crippen LogP contribution in [0.1, 0.15) is 51.6 Å². The lowest BCUT2D eigenvalue weighted by Crippen LogP contribution is -2.48. The first-order valence-electron chi connectivity index (χ1n) is 11.9. The number of nitrogens with zero attached hydrogens (tertiary/aromatic N) is 1. The fraction of sp³-hybridized carbons (Fsp3) is 0.200. The SMILES string of the molecule is CC(=O)Oc1cccc2c1N1C(C=C2)C2(C(=O)c3ccccc3C2=O)[C@@H](c2ccccc2)[C@@H]1C(C)=O. The Hall–Kier alpha value is -4.32. The number of hydrogen-bond acceptors (Lipinski definition) is 6. The molecular weight excluding hydrogens is 454 g/mol. The fourth-order valence-corrected chi connectivity index (χ4v) is 6.41. The van der Waals surface area contributed by atoms with Gasteiger partial charge in [-0.15, -0.1) is 0 Å². The number of carbonyl (C=O) groups is 4. The molecule has 36 heavy (non-hydrogen) atoms. The van der Waals surface area contributed by atoms with Crippen LogP contribution < -0.4 is 9.64 Å². The Morgan fingerprint density at radius 3 is 2.08 bits per heavy atom. The van der Waals surface area contributed by atoms with Gasteiger partial charge in [-0.3, -0.25) is 19.2 Å². The minimum absolute atomic E-state index is 0.179. The van der Waals surface area contributed by atoms with Gasteiger partial charge in [-0.05, 0) is 18.6 Å². The van der Waals surface area contributed by atoms with Crippen LogP contribution >= 0.6 is 0 Å². The molecule has 1 saturated heterocycles. The molecule has 6 nitrogen and oxygen atoms in total. The molecule has 178 valence electrons. The highest BCUT2D eigenvalue weighted by molar-refractivity contribution is 6.32. The summed E-state index contributed by atoms with van der Waals surface area (Å²) in [5.74, 6) is -1.69. The van der Waals surface area contributed by atoms with Crippen molar-refractivity contribution in [3.05, 3.63) is 101 Å². The van der Waals surface area contributed by atoms with Gasteiger partial charge in [0, 0.05) is 29.5 Å². The number of ether oxygens (including phenoxy) is 1. The van der Waals surface area contributed by atoms with Crippen LogP contribution in [-0.4, -0.2) is 35.4 Å². The Bertz CT molecular complexity index is 1450. The number of para-hydroxylation sites is 1. The number of fused-ring (bicyclic) bond motifs is 5. The summed E-state index contributed by atoms with van der Waals surface area (Å²) >= 11 is 0. The summed E-state index contributed by atoms with van der Waals surface area (Å²) in [6.45, 7) is 2.80. The van der Waals surface area contributed by atoms with E-state index in [0.717, 1.165) is 11.1 Å². The van der Waals surface area contributed by atoms with Crippen LogP contribution in [0.25, 0.3) is 6.08 Å². The van der Waals surface area contributed by atoms with Crippen molar-refractivity contribution in [2.24, 2.45) is 5.41 Å². The standard InChI is InChI=1S/C30H23NO5/c1-17(32)26-25(19-9-4-3-5-10-19)30(28(34)21-12-6-7-13-22(21)29(30)35)24-16-15-20-11-8-14-23(36-18(2)33)27(20)31(24)26/h3-16,24-26H,1-2H3/t24?,25-,26-/m0/s1. The third-order valence-corrected chi connectivity index (χ3v) is 7.62. The third-order valence-electron chi connectivity index (χ3n) is 7.62. The van der Waals surface area contributed by atoms with Gasteiger partial charge in [-0.25, -0.2) is 0 Å². The van der Waals surface area contributed by atoms with E-state index >= 15 is 0 Å². The number of benzene rings is 3. The van der Waals surface area contributed by atoms with Crippen LogP contribution in [0.5, 0.6) is 5.75 Å². The molecule has 0 radical (unpaired) electrons. The van der Waals surface area contributed by atoms with Gasteiger partial charge in [0.15, 0.2) is 23.1 Å². The van der Waals surface area contributed by atoms with Crippen molar-refractivity contribution in [3.63, 3.8) is 0 Å². The maximum atomic E-state index is 14.3. The van der Waals surface area contributed by atoms with Crippen LogP contribution in [0.2, 0.25) is 0 Å². The van der Waals surface area contributed by atoms with E-state index in [9.17, 15) is 19.2 Å². The first-order chi connectivity index (χ1) is 17.4. The maximum absolute atomic E-state index is 14.3. The first kappa shape index (κ1) is 22.2. The van der Waals surface area contributed by atoms with Crippen molar-refractivity contribution in [3.8, 4) is 5.75 Å². The highest BCUT2D eigenvalue weighted by Gasteiger charge is 2.71. The number of Topliss-reactive ketones (excluding diaryl/α,β-unsaturated/α-hetero) is 3.